The van der Waals surface area contributed by atoms with E-state index in [1.54, 1.807) is 17.0 Å². The van der Waals surface area contributed by atoms with Crippen molar-refractivity contribution in [1.29, 1.82) is 5.26 Å². The van der Waals surface area contributed by atoms with Crippen molar-refractivity contribution in [2.75, 3.05) is 33.2 Å². The monoisotopic (exact) mass is 275 g/mol. The largest absolute Gasteiger partial charge is 0.340 e. The van der Waals surface area contributed by atoms with Crippen molar-refractivity contribution in [3.63, 3.8) is 0 Å². The lowest BCUT2D eigenvalue weighted by molar-refractivity contribution is -0.132. The first-order valence-electron chi connectivity index (χ1n) is 6.71. The van der Waals surface area contributed by atoms with Crippen LogP contribution < -0.4 is 0 Å². The van der Waals surface area contributed by atoms with Crippen molar-refractivity contribution >= 4 is 5.91 Å². The summed E-state index contributed by atoms with van der Waals surface area (Å²) < 4.78 is 12.9. The van der Waals surface area contributed by atoms with Crippen LogP contribution in [0, 0.1) is 17.1 Å². The number of nitriles is 1. The number of amides is 1. The minimum atomic E-state index is -0.511. The van der Waals surface area contributed by atoms with Gasteiger partial charge in [-0.15, -0.1) is 0 Å². The van der Waals surface area contributed by atoms with Crippen LogP contribution in [0.2, 0.25) is 0 Å². The molecule has 0 N–H and O–H groups in total. The standard InChI is InChI=1S/C15H18FN3O/c1-18-6-8-19(9-7-18)15(20)10-13(11-17)12-2-4-14(16)5-3-12/h2-5,13H,6-10H2,1H3. The van der Waals surface area contributed by atoms with Crippen LogP contribution in [0.5, 0.6) is 0 Å². The summed E-state index contributed by atoms with van der Waals surface area (Å²) in [7, 11) is 2.03. The Morgan fingerprint density at radius 2 is 1.90 bits per heavy atom. The predicted octanol–water partition coefficient (Wildman–Crippen LogP) is 1.60. The highest BCUT2D eigenvalue weighted by Crippen LogP contribution is 2.20. The van der Waals surface area contributed by atoms with E-state index in [1.807, 2.05) is 7.05 Å². The fourth-order valence-electron chi connectivity index (χ4n) is 2.29. The van der Waals surface area contributed by atoms with Crippen LogP contribution in [-0.2, 0) is 4.79 Å². The fourth-order valence-corrected chi connectivity index (χ4v) is 2.29. The van der Waals surface area contributed by atoms with Gasteiger partial charge >= 0.3 is 0 Å². The molecule has 0 aliphatic carbocycles. The first kappa shape index (κ1) is 14.5. The summed E-state index contributed by atoms with van der Waals surface area (Å²) in [4.78, 5) is 16.2. The SMILES string of the molecule is CN1CCN(C(=O)CC(C#N)c2ccc(F)cc2)CC1. The van der Waals surface area contributed by atoms with Gasteiger partial charge in [0.15, 0.2) is 0 Å². The van der Waals surface area contributed by atoms with Crippen LogP contribution in [0.4, 0.5) is 4.39 Å². The van der Waals surface area contributed by atoms with E-state index >= 15 is 0 Å². The van der Waals surface area contributed by atoms with Gasteiger partial charge in [0.1, 0.15) is 5.82 Å². The van der Waals surface area contributed by atoms with Crippen molar-refractivity contribution in [1.82, 2.24) is 9.80 Å². The number of hydrogen-bond acceptors (Lipinski definition) is 3. The second-order valence-electron chi connectivity index (χ2n) is 5.12. The summed E-state index contributed by atoms with van der Waals surface area (Å²) >= 11 is 0. The van der Waals surface area contributed by atoms with E-state index in [-0.39, 0.29) is 18.1 Å². The molecule has 0 bridgehead atoms. The smallest absolute Gasteiger partial charge is 0.224 e. The van der Waals surface area contributed by atoms with Crippen LogP contribution in [0.3, 0.4) is 0 Å². The second kappa shape index (κ2) is 6.49. The number of carbonyl (C=O) groups is 1. The Morgan fingerprint density at radius 1 is 1.30 bits per heavy atom. The van der Waals surface area contributed by atoms with E-state index in [1.165, 1.54) is 12.1 Å². The minimum absolute atomic E-state index is 0.00558. The number of halogens is 1. The van der Waals surface area contributed by atoms with Crippen molar-refractivity contribution in [3.8, 4) is 6.07 Å². The van der Waals surface area contributed by atoms with Gasteiger partial charge in [-0.25, -0.2) is 4.39 Å². The highest BCUT2D eigenvalue weighted by Gasteiger charge is 2.23. The number of carbonyl (C=O) groups excluding carboxylic acids is 1. The molecule has 1 atom stereocenters. The molecule has 1 unspecified atom stereocenters. The topological polar surface area (TPSA) is 47.3 Å². The molecule has 0 aromatic heterocycles. The highest BCUT2D eigenvalue weighted by molar-refractivity contribution is 5.77. The average molecular weight is 275 g/mol. The van der Waals surface area contributed by atoms with Gasteiger partial charge in [-0.3, -0.25) is 4.79 Å². The quantitative estimate of drug-likeness (QED) is 0.841. The van der Waals surface area contributed by atoms with Crippen molar-refractivity contribution in [3.05, 3.63) is 35.6 Å². The Morgan fingerprint density at radius 3 is 2.45 bits per heavy atom. The fraction of sp³-hybridized carbons (Fsp3) is 0.467. The second-order valence-corrected chi connectivity index (χ2v) is 5.12. The zero-order valence-corrected chi connectivity index (χ0v) is 11.6. The molecule has 106 valence electrons. The van der Waals surface area contributed by atoms with E-state index in [4.69, 9.17) is 0 Å². The first-order valence-corrected chi connectivity index (χ1v) is 6.71. The third-order valence-electron chi connectivity index (χ3n) is 3.66. The maximum absolute atomic E-state index is 12.9. The summed E-state index contributed by atoms with van der Waals surface area (Å²) in [6.07, 6.45) is 0.159. The molecule has 5 heteroatoms. The van der Waals surface area contributed by atoms with Crippen LogP contribution in [0.1, 0.15) is 17.9 Å². The molecule has 1 aromatic rings. The first-order chi connectivity index (χ1) is 9.60. The normalized spacial score (nSPS) is 17.6. The Labute approximate surface area is 118 Å². The van der Waals surface area contributed by atoms with E-state index < -0.39 is 5.92 Å². The molecule has 20 heavy (non-hydrogen) atoms. The van der Waals surface area contributed by atoms with E-state index in [0.29, 0.717) is 18.7 Å². The van der Waals surface area contributed by atoms with Gasteiger partial charge in [0.2, 0.25) is 5.91 Å². The Balaban J connectivity index is 1.98. The number of rotatable bonds is 3. The number of benzene rings is 1. The van der Waals surface area contributed by atoms with Crippen LogP contribution in [-0.4, -0.2) is 48.9 Å². The number of piperazine rings is 1. The summed E-state index contributed by atoms with van der Waals surface area (Å²) in [5.74, 6) is -0.854. The van der Waals surface area contributed by atoms with E-state index in [0.717, 1.165) is 13.1 Å². The van der Waals surface area contributed by atoms with Crippen LogP contribution in [0.25, 0.3) is 0 Å². The van der Waals surface area contributed by atoms with Gasteiger partial charge in [0, 0.05) is 32.6 Å². The summed E-state index contributed by atoms with van der Waals surface area (Å²) in [5.41, 5.74) is 0.691. The highest BCUT2D eigenvalue weighted by atomic mass is 19.1. The zero-order chi connectivity index (χ0) is 14.5. The van der Waals surface area contributed by atoms with Gasteiger partial charge in [-0.05, 0) is 24.7 Å². The van der Waals surface area contributed by atoms with Gasteiger partial charge in [-0.1, -0.05) is 12.1 Å². The Bertz CT molecular complexity index is 501. The van der Waals surface area contributed by atoms with Crippen molar-refractivity contribution in [2.45, 2.75) is 12.3 Å². The molecule has 1 heterocycles. The molecular formula is C15H18FN3O. The Kier molecular flexibility index (Phi) is 4.70. The van der Waals surface area contributed by atoms with E-state index in [2.05, 4.69) is 11.0 Å². The molecule has 1 aromatic carbocycles. The molecule has 1 amide bonds. The lowest BCUT2D eigenvalue weighted by Gasteiger charge is -2.32. The third kappa shape index (κ3) is 3.55. The lowest BCUT2D eigenvalue weighted by Crippen LogP contribution is -2.47. The summed E-state index contributed by atoms with van der Waals surface area (Å²) in [5, 5.41) is 9.22. The maximum atomic E-state index is 12.9. The van der Waals surface area contributed by atoms with Crippen LogP contribution in [0.15, 0.2) is 24.3 Å². The number of likely N-dealkylation sites (N-methyl/N-ethyl adjacent to an activating group) is 1. The minimum Gasteiger partial charge on any atom is -0.340 e. The summed E-state index contributed by atoms with van der Waals surface area (Å²) in [6.45, 7) is 3.13. The molecule has 1 aliphatic rings. The molecule has 2 rings (SSSR count). The van der Waals surface area contributed by atoms with Crippen molar-refractivity contribution < 1.29 is 9.18 Å². The van der Waals surface area contributed by atoms with E-state index in [9.17, 15) is 14.4 Å². The average Bonchev–Trinajstić information content (AvgIpc) is 2.46. The number of nitrogens with zero attached hydrogens (tertiary/aromatic N) is 3. The van der Waals surface area contributed by atoms with Gasteiger partial charge < -0.3 is 9.80 Å². The molecule has 4 nitrogen and oxygen atoms in total. The van der Waals surface area contributed by atoms with Crippen LogP contribution >= 0.6 is 0 Å². The molecule has 1 saturated heterocycles. The van der Waals surface area contributed by atoms with Gasteiger partial charge in [0.25, 0.3) is 0 Å². The lowest BCUT2D eigenvalue weighted by atomic mass is 9.96. The third-order valence-corrected chi connectivity index (χ3v) is 3.66. The van der Waals surface area contributed by atoms with Gasteiger partial charge in [0.05, 0.1) is 12.0 Å². The molecular weight excluding hydrogens is 257 g/mol. The number of hydrogen-bond donors (Lipinski definition) is 0. The molecule has 0 saturated carbocycles. The maximum Gasteiger partial charge on any atom is 0.224 e. The molecule has 0 radical (unpaired) electrons. The molecule has 0 spiro atoms. The predicted molar refractivity (Wildman–Crippen MR) is 73.4 cm³/mol. The van der Waals surface area contributed by atoms with Crippen molar-refractivity contribution in [2.24, 2.45) is 0 Å². The molecule has 1 aliphatic heterocycles. The van der Waals surface area contributed by atoms with Gasteiger partial charge in [-0.2, -0.15) is 5.26 Å². The summed E-state index contributed by atoms with van der Waals surface area (Å²) in [6, 6.07) is 7.91. The Hall–Kier alpha value is -1.93. The zero-order valence-electron chi connectivity index (χ0n) is 11.6. The molecule has 1 fully saturated rings.